The molecular weight excluding hydrogens is 396 g/mol. The maximum Gasteiger partial charge on any atom is -0.00818 e. The molecule has 33 heavy (non-hydrogen) atoms. The van der Waals surface area contributed by atoms with Gasteiger partial charge in [0.25, 0.3) is 0 Å². The predicted molar refractivity (Wildman–Crippen MR) is 140 cm³/mol. The molecule has 0 aromatic heterocycles. The van der Waals surface area contributed by atoms with Crippen molar-refractivity contribution in [3.8, 4) is 33.4 Å². The van der Waals surface area contributed by atoms with Crippen molar-refractivity contribution in [2.24, 2.45) is 0 Å². The van der Waals surface area contributed by atoms with Gasteiger partial charge in [-0.15, -0.1) is 0 Å². The Morgan fingerprint density at radius 2 is 0.788 bits per heavy atom. The van der Waals surface area contributed by atoms with Crippen LogP contribution in [-0.4, -0.2) is 0 Å². The highest BCUT2D eigenvalue weighted by Crippen LogP contribution is 2.36. The molecule has 0 saturated heterocycles. The van der Waals surface area contributed by atoms with Crippen molar-refractivity contribution in [3.63, 3.8) is 0 Å². The fourth-order valence-electron chi connectivity index (χ4n) is 4.74. The molecule has 0 saturated carbocycles. The molecule has 0 unspecified atom stereocenters. The van der Waals surface area contributed by atoms with E-state index in [0.717, 1.165) is 6.42 Å². The third kappa shape index (κ3) is 3.81. The second-order valence-corrected chi connectivity index (χ2v) is 8.58. The highest BCUT2D eigenvalue weighted by atomic mass is 14.2. The molecule has 0 radical (unpaired) electrons. The van der Waals surface area contributed by atoms with Gasteiger partial charge in [0.05, 0.1) is 0 Å². The highest BCUT2D eigenvalue weighted by molar-refractivity contribution is 5.87. The number of hydrogen-bond acceptors (Lipinski definition) is 0. The molecule has 5 aromatic carbocycles. The molecule has 5 aromatic rings. The zero-order valence-electron chi connectivity index (χ0n) is 18.4. The molecule has 6 rings (SSSR count). The SMILES string of the molecule is C1=C(c2ccc(-c3ccccc3)cc2)c2cc(-c3ccc(-c4ccccc4)cc3)ccc2C1. The predicted octanol–water partition coefficient (Wildman–Crippen LogP) is 8.68. The van der Waals surface area contributed by atoms with Gasteiger partial charge in [0.2, 0.25) is 0 Å². The summed E-state index contributed by atoms with van der Waals surface area (Å²) in [6, 6.07) is 45.9. The molecule has 0 N–H and O–H groups in total. The van der Waals surface area contributed by atoms with Crippen LogP contribution < -0.4 is 0 Å². The monoisotopic (exact) mass is 420 g/mol. The van der Waals surface area contributed by atoms with Crippen LogP contribution in [0.25, 0.3) is 39.0 Å². The van der Waals surface area contributed by atoms with Crippen molar-refractivity contribution in [3.05, 3.63) is 150 Å². The lowest BCUT2D eigenvalue weighted by Crippen LogP contribution is -1.90. The van der Waals surface area contributed by atoms with E-state index < -0.39 is 0 Å². The molecule has 0 amide bonds. The molecule has 0 aliphatic heterocycles. The normalized spacial score (nSPS) is 12.3. The van der Waals surface area contributed by atoms with Crippen LogP contribution >= 0.6 is 0 Å². The van der Waals surface area contributed by atoms with E-state index in [1.165, 1.54) is 55.6 Å². The van der Waals surface area contributed by atoms with Crippen LogP contribution in [-0.2, 0) is 6.42 Å². The Labute approximate surface area is 195 Å². The number of allylic oxidation sites excluding steroid dienone is 1. The Bertz CT molecular complexity index is 1420. The number of fused-ring (bicyclic) bond motifs is 1. The van der Waals surface area contributed by atoms with E-state index in [-0.39, 0.29) is 0 Å². The van der Waals surface area contributed by atoms with Gasteiger partial charge in [0.1, 0.15) is 0 Å². The summed E-state index contributed by atoms with van der Waals surface area (Å²) < 4.78 is 0. The lowest BCUT2D eigenvalue weighted by Gasteiger charge is -2.11. The molecule has 0 heterocycles. The Balaban J connectivity index is 1.29. The summed E-state index contributed by atoms with van der Waals surface area (Å²) in [6.07, 6.45) is 3.36. The van der Waals surface area contributed by atoms with E-state index in [1.807, 2.05) is 0 Å². The van der Waals surface area contributed by atoms with E-state index in [1.54, 1.807) is 0 Å². The van der Waals surface area contributed by atoms with Crippen LogP contribution in [0.4, 0.5) is 0 Å². The largest absolute Gasteiger partial charge is 0.0716 e. The summed E-state index contributed by atoms with van der Waals surface area (Å²) in [6.45, 7) is 0. The lowest BCUT2D eigenvalue weighted by atomic mass is 9.93. The van der Waals surface area contributed by atoms with Crippen molar-refractivity contribution in [2.45, 2.75) is 6.42 Å². The van der Waals surface area contributed by atoms with Gasteiger partial charge in [-0.25, -0.2) is 0 Å². The second-order valence-electron chi connectivity index (χ2n) is 8.58. The van der Waals surface area contributed by atoms with Gasteiger partial charge in [-0.05, 0) is 68.1 Å². The van der Waals surface area contributed by atoms with E-state index in [4.69, 9.17) is 0 Å². The molecular formula is C33H24. The fraction of sp³-hybridized carbons (Fsp3) is 0.0303. The summed E-state index contributed by atoms with van der Waals surface area (Å²) in [4.78, 5) is 0. The Morgan fingerprint density at radius 1 is 0.364 bits per heavy atom. The van der Waals surface area contributed by atoms with Gasteiger partial charge >= 0.3 is 0 Å². The van der Waals surface area contributed by atoms with Crippen molar-refractivity contribution in [1.82, 2.24) is 0 Å². The van der Waals surface area contributed by atoms with Crippen molar-refractivity contribution in [2.75, 3.05) is 0 Å². The van der Waals surface area contributed by atoms with E-state index >= 15 is 0 Å². The fourth-order valence-corrected chi connectivity index (χ4v) is 4.74. The van der Waals surface area contributed by atoms with E-state index in [2.05, 4.69) is 133 Å². The highest BCUT2D eigenvalue weighted by Gasteiger charge is 2.17. The van der Waals surface area contributed by atoms with Crippen molar-refractivity contribution < 1.29 is 0 Å². The minimum atomic E-state index is 0.998. The minimum Gasteiger partial charge on any atom is -0.0716 e. The van der Waals surface area contributed by atoms with E-state index in [9.17, 15) is 0 Å². The summed E-state index contributed by atoms with van der Waals surface area (Å²) in [5.74, 6) is 0. The molecule has 0 bridgehead atoms. The Kier molecular flexibility index (Phi) is 4.97. The van der Waals surface area contributed by atoms with Crippen molar-refractivity contribution >= 4 is 5.57 Å². The number of hydrogen-bond donors (Lipinski definition) is 0. The number of benzene rings is 5. The maximum absolute atomic E-state index is 2.37. The molecule has 0 fully saturated rings. The van der Waals surface area contributed by atoms with Gasteiger partial charge in [0.15, 0.2) is 0 Å². The van der Waals surface area contributed by atoms with Crippen LogP contribution in [0.3, 0.4) is 0 Å². The topological polar surface area (TPSA) is 0 Å². The third-order valence-electron chi connectivity index (χ3n) is 6.55. The lowest BCUT2D eigenvalue weighted by molar-refractivity contribution is 1.31. The molecule has 0 nitrogen and oxygen atoms in total. The quantitative estimate of drug-likeness (QED) is 0.273. The van der Waals surface area contributed by atoms with Gasteiger partial charge in [-0.3, -0.25) is 0 Å². The first-order chi connectivity index (χ1) is 16.3. The first-order valence-electron chi connectivity index (χ1n) is 11.5. The summed E-state index contributed by atoms with van der Waals surface area (Å²) in [7, 11) is 0. The Morgan fingerprint density at radius 3 is 1.33 bits per heavy atom. The first-order valence-corrected chi connectivity index (χ1v) is 11.5. The smallest absolute Gasteiger partial charge is 0.00818 e. The zero-order chi connectivity index (χ0) is 22.0. The average Bonchev–Trinajstić information content (AvgIpc) is 3.33. The van der Waals surface area contributed by atoms with E-state index in [0.29, 0.717) is 0 Å². The van der Waals surface area contributed by atoms with Crippen LogP contribution in [0.5, 0.6) is 0 Å². The third-order valence-corrected chi connectivity index (χ3v) is 6.55. The second kappa shape index (κ2) is 8.41. The molecule has 1 aliphatic carbocycles. The van der Waals surface area contributed by atoms with Crippen LogP contribution in [0.15, 0.2) is 133 Å². The van der Waals surface area contributed by atoms with Gasteiger partial charge in [0, 0.05) is 0 Å². The van der Waals surface area contributed by atoms with Gasteiger partial charge in [-0.1, -0.05) is 127 Å². The average molecular weight is 421 g/mol. The molecule has 0 heteroatoms. The molecule has 1 aliphatic rings. The van der Waals surface area contributed by atoms with Crippen LogP contribution in [0.1, 0.15) is 16.7 Å². The molecule has 0 spiro atoms. The van der Waals surface area contributed by atoms with Crippen LogP contribution in [0, 0.1) is 0 Å². The standard InChI is InChI=1S/C33H24/c1-3-7-24(8-4-1)26-11-13-28(14-12-26)31-20-19-30-21-22-32(33(30)23-31)29-17-15-27(16-18-29)25-9-5-2-6-10-25/h1-20,22-23H,21H2. The van der Waals surface area contributed by atoms with Crippen molar-refractivity contribution in [1.29, 1.82) is 0 Å². The molecule has 156 valence electrons. The van der Waals surface area contributed by atoms with Gasteiger partial charge in [-0.2, -0.15) is 0 Å². The zero-order valence-corrected chi connectivity index (χ0v) is 18.4. The summed E-state index contributed by atoms with van der Waals surface area (Å²) in [5.41, 5.74) is 12.9. The Hall–Kier alpha value is -4.16. The minimum absolute atomic E-state index is 0.998. The summed E-state index contributed by atoms with van der Waals surface area (Å²) >= 11 is 0. The van der Waals surface area contributed by atoms with Crippen LogP contribution in [0.2, 0.25) is 0 Å². The maximum atomic E-state index is 2.37. The molecule has 0 atom stereocenters. The first kappa shape index (κ1) is 19.5. The number of rotatable bonds is 4. The summed E-state index contributed by atoms with van der Waals surface area (Å²) in [5, 5.41) is 0. The van der Waals surface area contributed by atoms with Gasteiger partial charge < -0.3 is 0 Å².